The third kappa shape index (κ3) is 2.68. The van der Waals surface area contributed by atoms with Crippen molar-refractivity contribution < 1.29 is 4.79 Å². The van der Waals surface area contributed by atoms with Gasteiger partial charge < -0.3 is 5.32 Å². The van der Waals surface area contributed by atoms with Gasteiger partial charge in [0.25, 0.3) is 0 Å². The molecule has 0 spiro atoms. The van der Waals surface area contributed by atoms with Crippen molar-refractivity contribution in [2.24, 2.45) is 0 Å². The topological polar surface area (TPSA) is 42.0 Å². The van der Waals surface area contributed by atoms with Crippen LogP contribution < -0.4 is 5.32 Å². The summed E-state index contributed by atoms with van der Waals surface area (Å²) in [5, 5.41) is 5.10. The van der Waals surface area contributed by atoms with E-state index in [1.807, 2.05) is 38.1 Å². The molecule has 0 saturated heterocycles. The fraction of sp³-hybridized carbons (Fsp3) is 0.286. The van der Waals surface area contributed by atoms with Gasteiger partial charge in [0.15, 0.2) is 5.78 Å². The molecule has 0 aliphatic carbocycles. The predicted molar refractivity (Wildman–Crippen MR) is 69.2 cm³/mol. The van der Waals surface area contributed by atoms with Gasteiger partial charge in [0, 0.05) is 29.4 Å². The highest BCUT2D eigenvalue weighted by Gasteiger charge is 2.10. The summed E-state index contributed by atoms with van der Waals surface area (Å²) in [4.78, 5) is 16.2. The van der Waals surface area contributed by atoms with Crippen LogP contribution in [0.5, 0.6) is 0 Å². The SMILES string of the molecule is CC(C)NCC(=O)c1cncc2ccccc12. The number of aromatic nitrogens is 1. The highest BCUT2D eigenvalue weighted by atomic mass is 16.1. The van der Waals surface area contributed by atoms with E-state index in [4.69, 9.17) is 0 Å². The molecule has 2 aromatic rings. The number of rotatable bonds is 4. The molecule has 17 heavy (non-hydrogen) atoms. The van der Waals surface area contributed by atoms with Crippen molar-refractivity contribution in [1.82, 2.24) is 10.3 Å². The highest BCUT2D eigenvalue weighted by Crippen LogP contribution is 2.17. The van der Waals surface area contributed by atoms with Gasteiger partial charge in [-0.05, 0) is 5.39 Å². The molecule has 0 saturated carbocycles. The molecule has 88 valence electrons. The summed E-state index contributed by atoms with van der Waals surface area (Å²) in [5.74, 6) is 0.0861. The van der Waals surface area contributed by atoms with Crippen LogP contribution in [0, 0.1) is 0 Å². The van der Waals surface area contributed by atoms with Crippen LogP contribution in [0.4, 0.5) is 0 Å². The van der Waals surface area contributed by atoms with Gasteiger partial charge in [-0.25, -0.2) is 0 Å². The molecule has 1 N–H and O–H groups in total. The second-order valence-electron chi connectivity index (χ2n) is 4.37. The number of benzene rings is 1. The van der Waals surface area contributed by atoms with Crippen LogP contribution in [0.1, 0.15) is 24.2 Å². The first kappa shape index (κ1) is 11.7. The molecule has 0 atom stereocenters. The summed E-state index contributed by atoms with van der Waals surface area (Å²) in [6.45, 7) is 4.40. The molecule has 1 aromatic heterocycles. The molecule has 0 aliphatic heterocycles. The van der Waals surface area contributed by atoms with Crippen LogP contribution in [0.15, 0.2) is 36.7 Å². The van der Waals surface area contributed by atoms with Gasteiger partial charge in [-0.15, -0.1) is 0 Å². The summed E-state index contributed by atoms with van der Waals surface area (Å²) in [6.07, 6.45) is 3.43. The zero-order valence-corrected chi connectivity index (χ0v) is 10.1. The molecule has 0 amide bonds. The van der Waals surface area contributed by atoms with Crippen LogP contribution >= 0.6 is 0 Å². The zero-order chi connectivity index (χ0) is 12.3. The van der Waals surface area contributed by atoms with E-state index in [0.717, 1.165) is 10.8 Å². The van der Waals surface area contributed by atoms with Gasteiger partial charge in [-0.3, -0.25) is 9.78 Å². The maximum absolute atomic E-state index is 12.1. The fourth-order valence-corrected chi connectivity index (χ4v) is 1.73. The van der Waals surface area contributed by atoms with E-state index in [2.05, 4.69) is 10.3 Å². The molecule has 0 bridgehead atoms. The van der Waals surface area contributed by atoms with Crippen LogP contribution in [0.2, 0.25) is 0 Å². The van der Waals surface area contributed by atoms with Crippen LogP contribution in [-0.2, 0) is 0 Å². The van der Waals surface area contributed by atoms with Crippen LogP contribution in [0.25, 0.3) is 10.8 Å². The predicted octanol–water partition coefficient (Wildman–Crippen LogP) is 2.42. The summed E-state index contributed by atoms with van der Waals surface area (Å²) in [5.41, 5.74) is 0.691. The van der Waals surface area contributed by atoms with Crippen LogP contribution in [0.3, 0.4) is 0 Å². The van der Waals surface area contributed by atoms with E-state index in [9.17, 15) is 4.79 Å². The number of ketones is 1. The lowest BCUT2D eigenvalue weighted by atomic mass is 10.0. The maximum atomic E-state index is 12.1. The number of nitrogens with one attached hydrogen (secondary N) is 1. The van der Waals surface area contributed by atoms with Crippen molar-refractivity contribution in [2.75, 3.05) is 6.54 Å². The second-order valence-corrected chi connectivity index (χ2v) is 4.37. The number of pyridine rings is 1. The van der Waals surface area contributed by atoms with E-state index in [-0.39, 0.29) is 5.78 Å². The summed E-state index contributed by atoms with van der Waals surface area (Å²) < 4.78 is 0. The van der Waals surface area contributed by atoms with Crippen molar-refractivity contribution in [3.63, 3.8) is 0 Å². The third-order valence-electron chi connectivity index (χ3n) is 2.64. The van der Waals surface area contributed by atoms with Crippen molar-refractivity contribution in [2.45, 2.75) is 19.9 Å². The third-order valence-corrected chi connectivity index (χ3v) is 2.64. The molecular weight excluding hydrogens is 212 g/mol. The Labute approximate surface area is 101 Å². The van der Waals surface area contributed by atoms with Gasteiger partial charge in [0.05, 0.1) is 6.54 Å². The number of Topliss-reactive ketones (excluding diaryl/α,β-unsaturated/α-hetero) is 1. The van der Waals surface area contributed by atoms with Crippen molar-refractivity contribution in [3.05, 3.63) is 42.2 Å². The molecule has 2 rings (SSSR count). The average Bonchev–Trinajstić information content (AvgIpc) is 2.35. The monoisotopic (exact) mass is 228 g/mol. The Hall–Kier alpha value is -1.74. The van der Waals surface area contributed by atoms with Gasteiger partial charge >= 0.3 is 0 Å². The highest BCUT2D eigenvalue weighted by molar-refractivity contribution is 6.08. The van der Waals surface area contributed by atoms with Gasteiger partial charge in [0.2, 0.25) is 0 Å². The van der Waals surface area contributed by atoms with E-state index in [0.29, 0.717) is 18.2 Å². The van der Waals surface area contributed by atoms with E-state index in [1.165, 1.54) is 0 Å². The fourth-order valence-electron chi connectivity index (χ4n) is 1.73. The Morgan fingerprint density at radius 3 is 2.82 bits per heavy atom. The minimum Gasteiger partial charge on any atom is -0.307 e. The lowest BCUT2D eigenvalue weighted by Crippen LogP contribution is -2.29. The number of carbonyl (C=O) groups is 1. The lowest BCUT2D eigenvalue weighted by Gasteiger charge is -2.08. The van der Waals surface area contributed by atoms with Gasteiger partial charge in [-0.2, -0.15) is 0 Å². The Bertz CT molecular complexity index is 529. The molecule has 0 unspecified atom stereocenters. The molecule has 0 fully saturated rings. The summed E-state index contributed by atoms with van der Waals surface area (Å²) in [7, 11) is 0. The second kappa shape index (κ2) is 5.06. The van der Waals surface area contributed by atoms with Gasteiger partial charge in [-0.1, -0.05) is 38.1 Å². The van der Waals surface area contributed by atoms with Crippen molar-refractivity contribution >= 4 is 16.6 Å². The number of fused-ring (bicyclic) bond motifs is 1. The Kier molecular flexibility index (Phi) is 3.49. The average molecular weight is 228 g/mol. The van der Waals surface area contributed by atoms with Gasteiger partial charge in [0.1, 0.15) is 0 Å². The first-order valence-electron chi connectivity index (χ1n) is 5.78. The minimum atomic E-state index is 0.0861. The maximum Gasteiger partial charge on any atom is 0.178 e. The molecule has 3 heteroatoms. The first-order chi connectivity index (χ1) is 8.18. The summed E-state index contributed by atoms with van der Waals surface area (Å²) >= 11 is 0. The normalized spacial score (nSPS) is 11.0. The number of hydrogen-bond donors (Lipinski definition) is 1. The van der Waals surface area contributed by atoms with Crippen LogP contribution in [-0.4, -0.2) is 23.4 Å². The quantitative estimate of drug-likeness (QED) is 0.817. The molecule has 0 radical (unpaired) electrons. The zero-order valence-electron chi connectivity index (χ0n) is 10.1. The lowest BCUT2D eigenvalue weighted by molar-refractivity contribution is 0.0990. The largest absolute Gasteiger partial charge is 0.307 e. The Balaban J connectivity index is 2.32. The number of nitrogens with zero attached hydrogens (tertiary/aromatic N) is 1. The first-order valence-corrected chi connectivity index (χ1v) is 5.78. The van der Waals surface area contributed by atoms with E-state index < -0.39 is 0 Å². The van der Waals surface area contributed by atoms with Crippen molar-refractivity contribution in [1.29, 1.82) is 0 Å². The summed E-state index contributed by atoms with van der Waals surface area (Å²) in [6, 6.07) is 8.12. The molecule has 0 aliphatic rings. The van der Waals surface area contributed by atoms with Crippen molar-refractivity contribution in [3.8, 4) is 0 Å². The van der Waals surface area contributed by atoms with E-state index >= 15 is 0 Å². The minimum absolute atomic E-state index is 0.0861. The molecule has 3 nitrogen and oxygen atoms in total. The number of carbonyl (C=O) groups excluding carboxylic acids is 1. The molecule has 1 aromatic carbocycles. The number of hydrogen-bond acceptors (Lipinski definition) is 3. The Morgan fingerprint density at radius 2 is 2.06 bits per heavy atom. The molecule has 1 heterocycles. The smallest absolute Gasteiger partial charge is 0.178 e. The molecular formula is C14H16N2O. The Morgan fingerprint density at radius 1 is 1.29 bits per heavy atom. The van der Waals surface area contributed by atoms with E-state index in [1.54, 1.807) is 12.4 Å². The standard InChI is InChI=1S/C14H16N2O/c1-10(2)16-9-14(17)13-8-15-7-11-5-3-4-6-12(11)13/h3-8,10,16H,9H2,1-2H3.